The molecule has 0 N–H and O–H groups in total. The van der Waals surface area contributed by atoms with Gasteiger partial charge in [0.05, 0.1) is 0 Å². The zero-order chi connectivity index (χ0) is 10.7. The van der Waals surface area contributed by atoms with Gasteiger partial charge in [0, 0.05) is 6.92 Å². The van der Waals surface area contributed by atoms with Crippen LogP contribution in [0.25, 0.3) is 0 Å². The van der Waals surface area contributed by atoms with Crippen LogP contribution in [0.15, 0.2) is 0 Å². The molecule has 0 amide bonds. The maximum Gasteiger partial charge on any atom is 0.302 e. The fourth-order valence-corrected chi connectivity index (χ4v) is 2.46. The first-order valence-electron chi connectivity index (χ1n) is 5.68. The molecule has 0 bridgehead atoms. The van der Waals surface area contributed by atoms with Crippen LogP contribution in [0.1, 0.15) is 47.0 Å². The van der Waals surface area contributed by atoms with Crippen LogP contribution in [0.5, 0.6) is 0 Å². The van der Waals surface area contributed by atoms with Crippen molar-refractivity contribution in [3.63, 3.8) is 0 Å². The summed E-state index contributed by atoms with van der Waals surface area (Å²) in [5.74, 6) is 1.76. The SMILES string of the molecule is CC(=O)OC1C[C@H](C)CC[C@H]1C(C)C. The molecule has 1 rings (SSSR count). The van der Waals surface area contributed by atoms with Crippen molar-refractivity contribution >= 4 is 5.97 Å². The maximum atomic E-state index is 11.0. The number of ether oxygens (including phenoxy) is 1. The number of hydrogen-bond acceptors (Lipinski definition) is 2. The Morgan fingerprint density at radius 1 is 1.36 bits per heavy atom. The summed E-state index contributed by atoms with van der Waals surface area (Å²) in [6, 6.07) is 0. The number of hydrogen-bond donors (Lipinski definition) is 0. The lowest BCUT2D eigenvalue weighted by Gasteiger charge is -2.36. The Labute approximate surface area is 87.0 Å². The Morgan fingerprint density at radius 2 is 2.00 bits per heavy atom. The third-order valence-corrected chi connectivity index (χ3v) is 3.28. The van der Waals surface area contributed by atoms with Crippen LogP contribution in [0.2, 0.25) is 0 Å². The van der Waals surface area contributed by atoms with E-state index in [9.17, 15) is 4.79 Å². The highest BCUT2D eigenvalue weighted by Crippen LogP contribution is 2.35. The van der Waals surface area contributed by atoms with Crippen LogP contribution in [0.4, 0.5) is 0 Å². The molecule has 1 saturated carbocycles. The minimum atomic E-state index is -0.130. The molecule has 0 spiro atoms. The first-order valence-corrected chi connectivity index (χ1v) is 5.68. The van der Waals surface area contributed by atoms with E-state index in [4.69, 9.17) is 4.74 Å². The molecule has 82 valence electrons. The summed E-state index contributed by atoms with van der Waals surface area (Å²) in [6.07, 6.45) is 3.69. The second-order valence-electron chi connectivity index (χ2n) is 4.97. The predicted octanol–water partition coefficient (Wildman–Crippen LogP) is 3.01. The van der Waals surface area contributed by atoms with Crippen LogP contribution in [0.3, 0.4) is 0 Å². The van der Waals surface area contributed by atoms with Crippen molar-refractivity contribution in [2.75, 3.05) is 0 Å². The lowest BCUT2D eigenvalue weighted by Crippen LogP contribution is -2.35. The fourth-order valence-electron chi connectivity index (χ4n) is 2.46. The van der Waals surface area contributed by atoms with E-state index in [1.807, 2.05) is 0 Å². The van der Waals surface area contributed by atoms with Gasteiger partial charge in [0.2, 0.25) is 0 Å². The van der Waals surface area contributed by atoms with Gasteiger partial charge in [-0.3, -0.25) is 4.79 Å². The standard InChI is InChI=1S/C12H22O2/c1-8(2)11-6-5-9(3)7-12(11)14-10(4)13/h8-9,11-12H,5-7H2,1-4H3/t9-,11+,12?/m1/s1. The van der Waals surface area contributed by atoms with Gasteiger partial charge in [-0.2, -0.15) is 0 Å². The van der Waals surface area contributed by atoms with E-state index in [0.717, 1.165) is 6.42 Å². The lowest BCUT2D eigenvalue weighted by atomic mass is 9.75. The normalized spacial score (nSPS) is 33.1. The van der Waals surface area contributed by atoms with Gasteiger partial charge in [-0.1, -0.05) is 27.2 Å². The van der Waals surface area contributed by atoms with Crippen molar-refractivity contribution in [3.05, 3.63) is 0 Å². The average molecular weight is 198 g/mol. The zero-order valence-electron chi connectivity index (χ0n) is 9.75. The van der Waals surface area contributed by atoms with Gasteiger partial charge < -0.3 is 4.74 Å². The molecular weight excluding hydrogens is 176 g/mol. The van der Waals surface area contributed by atoms with Crippen LogP contribution < -0.4 is 0 Å². The smallest absolute Gasteiger partial charge is 0.302 e. The molecule has 14 heavy (non-hydrogen) atoms. The van der Waals surface area contributed by atoms with Gasteiger partial charge in [0.1, 0.15) is 6.10 Å². The highest BCUT2D eigenvalue weighted by atomic mass is 16.5. The molecule has 2 nitrogen and oxygen atoms in total. The number of esters is 1. The van der Waals surface area contributed by atoms with Crippen molar-refractivity contribution in [1.82, 2.24) is 0 Å². The first kappa shape index (κ1) is 11.5. The largest absolute Gasteiger partial charge is 0.462 e. The molecule has 3 atom stereocenters. The topological polar surface area (TPSA) is 26.3 Å². The van der Waals surface area contributed by atoms with Crippen molar-refractivity contribution in [1.29, 1.82) is 0 Å². The monoisotopic (exact) mass is 198 g/mol. The summed E-state index contributed by atoms with van der Waals surface area (Å²) in [5.41, 5.74) is 0. The molecule has 1 aliphatic carbocycles. The Hall–Kier alpha value is -0.530. The molecular formula is C12H22O2. The van der Waals surface area contributed by atoms with Crippen LogP contribution in [-0.4, -0.2) is 12.1 Å². The molecule has 1 unspecified atom stereocenters. The van der Waals surface area contributed by atoms with E-state index in [-0.39, 0.29) is 12.1 Å². The summed E-state index contributed by atoms with van der Waals surface area (Å²) >= 11 is 0. The van der Waals surface area contributed by atoms with Crippen molar-refractivity contribution in [3.8, 4) is 0 Å². The van der Waals surface area contributed by atoms with Crippen LogP contribution in [0, 0.1) is 17.8 Å². The Bertz CT molecular complexity index is 198. The fraction of sp³-hybridized carbons (Fsp3) is 0.917. The van der Waals surface area contributed by atoms with E-state index in [2.05, 4.69) is 20.8 Å². The summed E-state index contributed by atoms with van der Waals surface area (Å²) in [5, 5.41) is 0. The second-order valence-corrected chi connectivity index (χ2v) is 4.97. The quantitative estimate of drug-likeness (QED) is 0.637. The van der Waals surface area contributed by atoms with Gasteiger partial charge in [-0.05, 0) is 30.6 Å². The second kappa shape index (κ2) is 4.81. The van der Waals surface area contributed by atoms with Gasteiger partial charge in [0.15, 0.2) is 0 Å². The van der Waals surface area contributed by atoms with E-state index < -0.39 is 0 Å². The third-order valence-electron chi connectivity index (χ3n) is 3.28. The number of carbonyl (C=O) groups is 1. The highest BCUT2D eigenvalue weighted by molar-refractivity contribution is 5.66. The van der Waals surface area contributed by atoms with Crippen molar-refractivity contribution in [2.45, 2.75) is 53.1 Å². The van der Waals surface area contributed by atoms with E-state index in [1.165, 1.54) is 19.8 Å². The number of carbonyl (C=O) groups excluding carboxylic acids is 1. The van der Waals surface area contributed by atoms with Gasteiger partial charge in [-0.15, -0.1) is 0 Å². The predicted molar refractivity (Wildman–Crippen MR) is 56.9 cm³/mol. The molecule has 0 aromatic carbocycles. The van der Waals surface area contributed by atoms with Crippen LogP contribution >= 0.6 is 0 Å². The van der Waals surface area contributed by atoms with E-state index >= 15 is 0 Å². The first-order chi connectivity index (χ1) is 6.50. The average Bonchev–Trinajstić information content (AvgIpc) is 2.01. The highest BCUT2D eigenvalue weighted by Gasteiger charge is 2.32. The number of rotatable bonds is 2. The molecule has 2 heteroatoms. The Balaban J connectivity index is 2.58. The molecule has 0 aliphatic heterocycles. The summed E-state index contributed by atoms with van der Waals surface area (Å²) in [4.78, 5) is 11.0. The molecule has 0 aromatic heterocycles. The van der Waals surface area contributed by atoms with Gasteiger partial charge in [-0.25, -0.2) is 0 Å². The summed E-state index contributed by atoms with van der Waals surface area (Å²) in [7, 11) is 0. The molecule has 0 heterocycles. The molecule has 0 aromatic rings. The molecule has 0 radical (unpaired) electrons. The van der Waals surface area contributed by atoms with Crippen molar-refractivity contribution < 1.29 is 9.53 Å². The maximum absolute atomic E-state index is 11.0. The van der Waals surface area contributed by atoms with Gasteiger partial charge in [0.25, 0.3) is 0 Å². The molecule has 1 aliphatic rings. The van der Waals surface area contributed by atoms with Crippen molar-refractivity contribution in [2.24, 2.45) is 17.8 Å². The Kier molecular flexibility index (Phi) is 3.97. The minimum Gasteiger partial charge on any atom is -0.462 e. The van der Waals surface area contributed by atoms with Crippen LogP contribution in [-0.2, 0) is 9.53 Å². The molecule has 1 fully saturated rings. The minimum absolute atomic E-state index is 0.130. The lowest BCUT2D eigenvalue weighted by molar-refractivity contribution is -0.153. The summed E-state index contributed by atoms with van der Waals surface area (Å²) < 4.78 is 5.40. The third kappa shape index (κ3) is 3.00. The van der Waals surface area contributed by atoms with E-state index in [0.29, 0.717) is 17.8 Å². The molecule has 0 saturated heterocycles. The van der Waals surface area contributed by atoms with Gasteiger partial charge >= 0.3 is 5.97 Å². The zero-order valence-corrected chi connectivity index (χ0v) is 9.75. The van der Waals surface area contributed by atoms with E-state index in [1.54, 1.807) is 0 Å². The summed E-state index contributed by atoms with van der Waals surface area (Å²) in [6.45, 7) is 8.19. The Morgan fingerprint density at radius 3 is 2.50 bits per heavy atom.